The van der Waals surface area contributed by atoms with Crippen molar-refractivity contribution in [3.63, 3.8) is 0 Å². The van der Waals surface area contributed by atoms with Crippen molar-refractivity contribution >= 4 is 63.6 Å². The number of benzene rings is 4. The number of fused-ring (bicyclic) bond motifs is 1. The van der Waals surface area contributed by atoms with E-state index in [1.807, 2.05) is 23.5 Å². The van der Waals surface area contributed by atoms with Gasteiger partial charge in [0.25, 0.3) is 0 Å². The number of aromatic amines is 1. The van der Waals surface area contributed by atoms with Crippen molar-refractivity contribution in [3.05, 3.63) is 103 Å². The maximum absolute atomic E-state index is 3.51. The van der Waals surface area contributed by atoms with Gasteiger partial charge >= 0.3 is 0 Å². The van der Waals surface area contributed by atoms with Crippen LogP contribution in [0.5, 0.6) is 0 Å². The molecule has 1 aliphatic rings. The van der Waals surface area contributed by atoms with Crippen LogP contribution < -0.4 is 4.90 Å². The molecule has 1 atom stereocenters. The predicted molar refractivity (Wildman–Crippen MR) is 186 cm³/mol. The summed E-state index contributed by atoms with van der Waals surface area (Å²) in [5.41, 5.74) is 4.03. The van der Waals surface area contributed by atoms with E-state index in [0.717, 1.165) is 32.6 Å². The number of anilines is 1. The number of para-hydroxylation sites is 2. The second-order valence-corrected chi connectivity index (χ2v) is 14.4. The van der Waals surface area contributed by atoms with Gasteiger partial charge in [-0.05, 0) is 91.2 Å². The van der Waals surface area contributed by atoms with Crippen LogP contribution in [0.3, 0.4) is 0 Å². The van der Waals surface area contributed by atoms with Gasteiger partial charge in [-0.2, -0.15) is 0 Å². The highest BCUT2D eigenvalue weighted by Crippen LogP contribution is 2.45. The van der Waals surface area contributed by atoms with E-state index in [0.29, 0.717) is 6.04 Å². The summed E-state index contributed by atoms with van der Waals surface area (Å²) in [6, 6.07) is 33.9. The Bertz CT molecular complexity index is 1540. The number of thioether (sulfide) groups is 2. The molecule has 1 fully saturated rings. The fraction of sp³-hybridized carbons (Fsp3) is 0.257. The second kappa shape index (κ2) is 13.9. The molecule has 42 heavy (non-hydrogen) atoms. The zero-order valence-electron chi connectivity index (χ0n) is 24.4. The molecular formula is C35H37N3S4. The first kappa shape index (κ1) is 29.6. The molecule has 0 spiro atoms. The molecule has 5 aromatic rings. The lowest BCUT2D eigenvalue weighted by molar-refractivity contribution is 0.182. The molecule has 0 radical (unpaired) electrons. The van der Waals surface area contributed by atoms with E-state index in [-0.39, 0.29) is 0 Å². The van der Waals surface area contributed by atoms with Crippen molar-refractivity contribution in [3.8, 4) is 0 Å². The molecular weight excluding hydrogens is 591 g/mol. The highest BCUT2D eigenvalue weighted by atomic mass is 32.2. The lowest BCUT2D eigenvalue weighted by atomic mass is 10.0. The van der Waals surface area contributed by atoms with Gasteiger partial charge in [-0.25, -0.2) is 0 Å². The quantitative estimate of drug-likeness (QED) is 0.155. The van der Waals surface area contributed by atoms with Gasteiger partial charge in [0.15, 0.2) is 0 Å². The minimum Gasteiger partial charge on any atom is -0.367 e. The van der Waals surface area contributed by atoms with Gasteiger partial charge in [0.1, 0.15) is 0 Å². The van der Waals surface area contributed by atoms with Crippen LogP contribution in [0.4, 0.5) is 5.69 Å². The summed E-state index contributed by atoms with van der Waals surface area (Å²) >= 11 is 7.35. The molecule has 6 rings (SSSR count). The van der Waals surface area contributed by atoms with Crippen LogP contribution in [0.2, 0.25) is 0 Å². The van der Waals surface area contributed by atoms with Gasteiger partial charge in [0.05, 0.1) is 5.69 Å². The van der Waals surface area contributed by atoms with E-state index < -0.39 is 0 Å². The summed E-state index contributed by atoms with van der Waals surface area (Å²) in [6.45, 7) is 6.45. The molecule has 216 valence electrons. The van der Waals surface area contributed by atoms with Crippen LogP contribution >= 0.6 is 47.0 Å². The van der Waals surface area contributed by atoms with Crippen molar-refractivity contribution < 1.29 is 0 Å². The Kier molecular flexibility index (Phi) is 9.82. The standard InChI is InChI=1S/C35H37N3S4/c1-4-32(30-24-36-31-9-6-5-8-29(30)31)37-20-22-38(23-21-37)35-33(41-27-16-12-25(39-2)13-17-27)10-7-11-34(35)42-28-18-14-26(40-3)15-19-28/h5-19,24,32,36H,4,20-23H2,1-3H3. The van der Waals surface area contributed by atoms with E-state index in [2.05, 4.69) is 131 Å². The predicted octanol–water partition coefficient (Wildman–Crippen LogP) is 10.2. The third-order valence-electron chi connectivity index (χ3n) is 7.97. The maximum atomic E-state index is 3.51. The number of hydrogen-bond acceptors (Lipinski definition) is 6. The largest absolute Gasteiger partial charge is 0.367 e. The zero-order chi connectivity index (χ0) is 28.9. The fourth-order valence-corrected chi connectivity index (χ4v) is 8.72. The Morgan fingerprint density at radius 3 is 1.76 bits per heavy atom. The molecule has 4 aromatic carbocycles. The van der Waals surface area contributed by atoms with Crippen LogP contribution in [-0.4, -0.2) is 48.6 Å². The third kappa shape index (κ3) is 6.56. The summed E-state index contributed by atoms with van der Waals surface area (Å²) in [4.78, 5) is 16.7. The van der Waals surface area contributed by atoms with E-state index in [1.165, 1.54) is 51.5 Å². The van der Waals surface area contributed by atoms with Gasteiger partial charge in [-0.3, -0.25) is 4.90 Å². The van der Waals surface area contributed by atoms with Crippen LogP contribution in [0.1, 0.15) is 24.9 Å². The van der Waals surface area contributed by atoms with E-state index in [4.69, 9.17) is 0 Å². The lowest BCUT2D eigenvalue weighted by Gasteiger charge is -2.41. The minimum absolute atomic E-state index is 0.423. The van der Waals surface area contributed by atoms with E-state index in [9.17, 15) is 0 Å². The summed E-state index contributed by atoms with van der Waals surface area (Å²) in [7, 11) is 0. The molecule has 0 bridgehead atoms. The first-order valence-electron chi connectivity index (χ1n) is 14.5. The molecule has 1 aliphatic heterocycles. The van der Waals surface area contributed by atoms with E-state index in [1.54, 1.807) is 23.5 Å². The average molecular weight is 628 g/mol. The average Bonchev–Trinajstić information content (AvgIpc) is 3.47. The molecule has 1 N–H and O–H groups in total. The van der Waals surface area contributed by atoms with Gasteiger partial charge in [0, 0.05) is 78.7 Å². The minimum atomic E-state index is 0.423. The highest BCUT2D eigenvalue weighted by molar-refractivity contribution is 8.00. The molecule has 2 heterocycles. The van der Waals surface area contributed by atoms with Crippen LogP contribution in [0, 0.1) is 0 Å². The number of nitrogens with one attached hydrogen (secondary N) is 1. The molecule has 1 saturated heterocycles. The summed E-state index contributed by atoms with van der Waals surface area (Å²) < 4.78 is 0. The van der Waals surface area contributed by atoms with Crippen molar-refractivity contribution in [2.45, 2.75) is 48.8 Å². The topological polar surface area (TPSA) is 22.3 Å². The summed E-state index contributed by atoms with van der Waals surface area (Å²) in [6.07, 6.45) is 7.60. The number of piperazine rings is 1. The van der Waals surface area contributed by atoms with Gasteiger partial charge < -0.3 is 9.88 Å². The normalized spacial score (nSPS) is 14.9. The molecule has 0 aliphatic carbocycles. The third-order valence-corrected chi connectivity index (χ3v) is 11.6. The maximum Gasteiger partial charge on any atom is 0.0650 e. The van der Waals surface area contributed by atoms with Crippen LogP contribution in [-0.2, 0) is 0 Å². The van der Waals surface area contributed by atoms with E-state index >= 15 is 0 Å². The first-order chi connectivity index (χ1) is 20.7. The number of H-pyrrole nitrogens is 1. The van der Waals surface area contributed by atoms with Crippen molar-refractivity contribution in [1.29, 1.82) is 0 Å². The van der Waals surface area contributed by atoms with Crippen molar-refractivity contribution in [1.82, 2.24) is 9.88 Å². The molecule has 1 unspecified atom stereocenters. The fourth-order valence-electron chi connectivity index (χ4n) is 5.82. The summed E-state index contributed by atoms with van der Waals surface area (Å²) in [5, 5.41) is 1.35. The Balaban J connectivity index is 1.27. The SMILES string of the molecule is CCC(c1c[nH]c2ccccc12)N1CCN(c2c(Sc3ccc(SC)cc3)cccc2Sc2ccc(SC)cc2)CC1. The molecule has 1 aromatic heterocycles. The Labute approximate surface area is 267 Å². The Morgan fingerprint density at radius 1 is 0.667 bits per heavy atom. The molecule has 0 amide bonds. The lowest BCUT2D eigenvalue weighted by Crippen LogP contribution is -2.47. The van der Waals surface area contributed by atoms with Crippen LogP contribution in [0.25, 0.3) is 10.9 Å². The van der Waals surface area contributed by atoms with Crippen molar-refractivity contribution in [2.24, 2.45) is 0 Å². The van der Waals surface area contributed by atoms with Gasteiger partial charge in [-0.1, -0.05) is 54.7 Å². The zero-order valence-corrected chi connectivity index (χ0v) is 27.6. The highest BCUT2D eigenvalue weighted by Gasteiger charge is 2.28. The molecule has 7 heteroatoms. The first-order valence-corrected chi connectivity index (χ1v) is 18.6. The number of rotatable bonds is 10. The van der Waals surface area contributed by atoms with Gasteiger partial charge in [-0.15, -0.1) is 23.5 Å². The monoisotopic (exact) mass is 627 g/mol. The molecule has 0 saturated carbocycles. The van der Waals surface area contributed by atoms with Gasteiger partial charge in [0.2, 0.25) is 0 Å². The smallest absolute Gasteiger partial charge is 0.0650 e. The number of aromatic nitrogens is 1. The van der Waals surface area contributed by atoms with Crippen LogP contribution in [0.15, 0.2) is 127 Å². The number of hydrogen-bond donors (Lipinski definition) is 1. The Morgan fingerprint density at radius 2 is 1.21 bits per heavy atom. The Hall–Kier alpha value is -2.42. The number of nitrogens with zero attached hydrogens (tertiary/aromatic N) is 2. The molecule has 3 nitrogen and oxygen atoms in total. The van der Waals surface area contributed by atoms with Crippen molar-refractivity contribution in [2.75, 3.05) is 43.6 Å². The summed E-state index contributed by atoms with van der Waals surface area (Å²) in [5.74, 6) is 0. The second-order valence-electron chi connectivity index (χ2n) is 10.4.